The van der Waals surface area contributed by atoms with Crippen LogP contribution in [0.5, 0.6) is 5.88 Å². The van der Waals surface area contributed by atoms with Crippen LogP contribution in [0.1, 0.15) is 119 Å². The molecule has 4 spiro atoms. The Hall–Kier alpha value is -9.09. The summed E-state index contributed by atoms with van der Waals surface area (Å²) in [6.07, 6.45) is 21.9. The predicted molar refractivity (Wildman–Crippen MR) is 414 cm³/mol. The molecule has 10 aromatic rings. The van der Waals surface area contributed by atoms with Crippen LogP contribution in [0.25, 0.3) is 65.9 Å². The highest BCUT2D eigenvalue weighted by atomic mass is 79.9. The van der Waals surface area contributed by atoms with E-state index in [2.05, 4.69) is 72.0 Å². The summed E-state index contributed by atoms with van der Waals surface area (Å²) in [7, 11) is 4.05. The first-order valence-electron chi connectivity index (χ1n) is 38.1. The van der Waals surface area contributed by atoms with E-state index >= 15 is 4.39 Å². The zero-order valence-electron chi connectivity index (χ0n) is 61.1. The SMILES string of the molecule is CN(C)CCCOc1ccc(-c2cc3c4c(cnc3cc2F)N(C2CC2)C(=O)C42CCOCC2)cn1.O=C1N(C2CC2)c2cnc3cc(F)c(-c4ccc(F)nc4)cc3c2C12CCOCC2.O=C1N(C2CC2)c2cnc3cc(F)c(Br)cc3c2C12CCOCC2.O=C1Nc2cnc3cc(F)c(Br)cc3c2C12CCOCC2. The summed E-state index contributed by atoms with van der Waals surface area (Å²) in [6, 6.07) is 19.9. The number of ether oxygens (including phenoxy) is 5. The van der Waals surface area contributed by atoms with Gasteiger partial charge in [-0.05, 0) is 185 Å². The molecular formula is C84H78Br2F5N11O9. The normalized spacial score (nSPS) is 20.2. The third kappa shape index (κ3) is 12.7. The summed E-state index contributed by atoms with van der Waals surface area (Å²) in [5.74, 6) is -1.15. The Labute approximate surface area is 652 Å². The number of carbonyl (C=O) groups is 4. The summed E-state index contributed by atoms with van der Waals surface area (Å²) in [6.45, 7) is 5.90. The topological polar surface area (TPSA) is 217 Å². The fraction of sp³-hybridized carbons (Fsp3) is 0.405. The molecule has 27 heteroatoms. The maximum absolute atomic E-state index is 15.3. The van der Waals surface area contributed by atoms with E-state index in [-0.39, 0.29) is 53.2 Å². The molecule has 4 amide bonds. The highest BCUT2D eigenvalue weighted by Gasteiger charge is 2.59. The van der Waals surface area contributed by atoms with E-state index in [4.69, 9.17) is 23.7 Å². The minimum Gasteiger partial charge on any atom is -0.478 e. The standard InChI is InChI=1S/C28H31FN4O3.C23H19F2N3O2.C18H16BrFN2O2.C15H12BrFN2O2/c1-32(2)10-3-11-36-25-7-4-18(16-31-25)20-14-21-23(15-22(20)29)30-17-24-26(21)28(8-12-35-13-9-28)27(34)33(24)19-5-6-19;24-17-10-18-16(9-15(17)13-1-4-20(25)27-11-13)21-19(12-26-18)28(14-2-3-14)22(29)23(21)5-7-30-8-6-23;19-12-7-11-14(8-13(12)20)21-9-15-16(11)18(3-5-24-6-4-18)17(23)22(15)10-1-2-10;16-9-5-8-11(6-10(9)17)18-7-12-13(8)15(14(20)19-12)1-3-21-4-2-15/h4,7,14-17,19H,3,5-6,8-13H2,1-2H3;1,4,9-12,14H,2-3,5-8H2;7-10H,1-6H2;5-7H,1-4H2,(H,19,20). The summed E-state index contributed by atoms with van der Waals surface area (Å²) in [5, 5.41) is 6.22. The summed E-state index contributed by atoms with van der Waals surface area (Å²) in [4.78, 5) is 87.1. The molecule has 21 rings (SSSR count). The molecule has 572 valence electrons. The highest BCUT2D eigenvalue weighted by molar-refractivity contribution is 9.10. The van der Waals surface area contributed by atoms with E-state index in [0.29, 0.717) is 176 Å². The van der Waals surface area contributed by atoms with E-state index < -0.39 is 33.4 Å². The van der Waals surface area contributed by atoms with Gasteiger partial charge in [0.1, 0.15) is 23.3 Å². The van der Waals surface area contributed by atoms with Gasteiger partial charge in [-0.1, -0.05) is 0 Å². The van der Waals surface area contributed by atoms with E-state index in [0.717, 1.165) is 118 Å². The van der Waals surface area contributed by atoms with Gasteiger partial charge < -0.3 is 48.6 Å². The first kappa shape index (κ1) is 73.4. The zero-order valence-corrected chi connectivity index (χ0v) is 64.3. The van der Waals surface area contributed by atoms with Crippen LogP contribution in [0.3, 0.4) is 0 Å². The quantitative estimate of drug-likeness (QED) is 0.0765. The number of hydrogen-bond donors (Lipinski definition) is 1. The Bertz CT molecular complexity index is 5460. The Kier molecular flexibility index (Phi) is 19.1. The maximum atomic E-state index is 15.3. The number of pyridine rings is 6. The van der Waals surface area contributed by atoms with Crippen LogP contribution >= 0.6 is 31.9 Å². The lowest BCUT2D eigenvalue weighted by molar-refractivity contribution is -0.127. The minimum atomic E-state index is -0.659. The highest BCUT2D eigenvalue weighted by Crippen LogP contribution is 2.58. The Morgan fingerprint density at radius 1 is 0.450 bits per heavy atom. The van der Waals surface area contributed by atoms with Crippen molar-refractivity contribution in [2.24, 2.45) is 0 Å². The smallest absolute Gasteiger partial charge is 0.238 e. The lowest BCUT2D eigenvalue weighted by atomic mass is 9.74. The number of amides is 4. The van der Waals surface area contributed by atoms with Gasteiger partial charge in [0.15, 0.2) is 0 Å². The number of carbonyl (C=O) groups excluding carboxylic acids is 4. The summed E-state index contributed by atoms with van der Waals surface area (Å²) in [5.41, 5.74) is 9.00. The first-order chi connectivity index (χ1) is 53.8. The van der Waals surface area contributed by atoms with Crippen molar-refractivity contribution in [2.75, 3.05) is 100 Å². The number of fused-ring (bicyclic) bond motifs is 16. The number of rotatable bonds is 10. The third-order valence-corrected chi connectivity index (χ3v) is 25.4. The average molecular weight is 1640 g/mol. The molecule has 14 heterocycles. The minimum absolute atomic E-state index is 0.00412. The molecule has 0 bridgehead atoms. The van der Waals surface area contributed by atoms with Gasteiger partial charge in [0.2, 0.25) is 35.5 Å². The molecule has 7 fully saturated rings. The average Bonchev–Trinajstić information content (AvgIpc) is 1.55. The molecule has 6 aromatic heterocycles. The van der Waals surface area contributed by atoms with Gasteiger partial charge in [-0.25, -0.2) is 27.5 Å². The van der Waals surface area contributed by atoms with Crippen LogP contribution < -0.4 is 24.8 Å². The molecule has 4 aromatic carbocycles. The fourth-order valence-corrected chi connectivity index (χ4v) is 18.8. The van der Waals surface area contributed by atoms with E-state index in [1.807, 2.05) is 40.9 Å². The van der Waals surface area contributed by atoms with Crippen LogP contribution in [0.15, 0.2) is 119 Å². The van der Waals surface area contributed by atoms with E-state index in [1.54, 1.807) is 55.2 Å². The second-order valence-corrected chi connectivity index (χ2v) is 32.8. The lowest BCUT2D eigenvalue weighted by Gasteiger charge is -2.33. The Morgan fingerprint density at radius 2 is 0.820 bits per heavy atom. The van der Waals surface area contributed by atoms with Crippen molar-refractivity contribution in [3.8, 4) is 28.1 Å². The first-order valence-corrected chi connectivity index (χ1v) is 39.7. The molecule has 0 radical (unpaired) electrons. The van der Waals surface area contributed by atoms with Crippen molar-refractivity contribution >= 4 is 122 Å². The zero-order chi connectivity index (χ0) is 76.4. The second kappa shape index (κ2) is 28.8. The van der Waals surface area contributed by atoms with Crippen LogP contribution in [0.4, 0.5) is 44.7 Å². The lowest BCUT2D eigenvalue weighted by Crippen LogP contribution is -2.44. The third-order valence-electron chi connectivity index (χ3n) is 24.1. The molecule has 111 heavy (non-hydrogen) atoms. The Balaban J connectivity index is 0.000000106. The van der Waals surface area contributed by atoms with Gasteiger partial charge in [0.25, 0.3) is 0 Å². The number of halogens is 7. The molecule has 3 aliphatic carbocycles. The molecule has 11 aliphatic rings. The Morgan fingerprint density at radius 3 is 1.20 bits per heavy atom. The predicted octanol–water partition coefficient (Wildman–Crippen LogP) is 15.3. The van der Waals surface area contributed by atoms with Crippen molar-refractivity contribution in [1.29, 1.82) is 0 Å². The molecule has 0 unspecified atom stereocenters. The molecule has 0 atom stereocenters. The van der Waals surface area contributed by atoms with Crippen molar-refractivity contribution in [3.63, 3.8) is 0 Å². The van der Waals surface area contributed by atoms with Crippen LogP contribution in [-0.4, -0.2) is 157 Å². The fourth-order valence-electron chi connectivity index (χ4n) is 18.1. The number of nitrogens with zero attached hydrogens (tertiary/aromatic N) is 10. The molecule has 1 N–H and O–H groups in total. The number of aromatic nitrogens is 6. The number of nitrogens with one attached hydrogen (secondary N) is 1. The van der Waals surface area contributed by atoms with Crippen molar-refractivity contribution in [2.45, 2.75) is 136 Å². The van der Waals surface area contributed by atoms with Gasteiger partial charge >= 0.3 is 0 Å². The molecule has 20 nitrogen and oxygen atoms in total. The monoisotopic (exact) mass is 1640 g/mol. The number of benzene rings is 4. The molecule has 8 aliphatic heterocycles. The summed E-state index contributed by atoms with van der Waals surface area (Å²) < 4.78 is 99.9. The number of anilines is 4. The van der Waals surface area contributed by atoms with Crippen LogP contribution in [0.2, 0.25) is 0 Å². The van der Waals surface area contributed by atoms with Gasteiger partial charge in [0, 0.05) is 186 Å². The van der Waals surface area contributed by atoms with Crippen LogP contribution in [0, 0.1) is 29.2 Å². The van der Waals surface area contributed by atoms with E-state index in [9.17, 15) is 36.7 Å². The molecule has 3 saturated carbocycles. The van der Waals surface area contributed by atoms with Gasteiger partial charge in [-0.3, -0.25) is 39.1 Å². The van der Waals surface area contributed by atoms with Crippen LogP contribution in [-0.2, 0) is 59.8 Å². The second-order valence-electron chi connectivity index (χ2n) is 31.1. The van der Waals surface area contributed by atoms with Gasteiger partial charge in [-0.2, -0.15) is 4.39 Å². The number of hydrogen-bond acceptors (Lipinski definition) is 16. The van der Waals surface area contributed by atoms with Gasteiger partial charge in [-0.15, -0.1) is 0 Å². The largest absolute Gasteiger partial charge is 0.478 e. The molecule has 4 saturated heterocycles. The molecular weight excluding hydrogens is 1560 g/mol. The van der Waals surface area contributed by atoms with E-state index in [1.165, 1.54) is 42.6 Å². The summed E-state index contributed by atoms with van der Waals surface area (Å²) >= 11 is 6.50. The van der Waals surface area contributed by atoms with Crippen molar-refractivity contribution in [1.82, 2.24) is 34.8 Å². The van der Waals surface area contributed by atoms with Crippen molar-refractivity contribution in [3.05, 3.63) is 170 Å². The maximum Gasteiger partial charge on any atom is 0.238 e. The van der Waals surface area contributed by atoms with Gasteiger partial charge in [0.05, 0.1) is 107 Å². The van der Waals surface area contributed by atoms with Crippen molar-refractivity contribution < 1.29 is 64.8 Å².